The molecule has 0 heterocycles. The van der Waals surface area contributed by atoms with E-state index < -0.39 is 20.7 Å². The molecule has 2 rings (SSSR count). The summed E-state index contributed by atoms with van der Waals surface area (Å²) in [7, 11) is -1.22. The lowest BCUT2D eigenvalue weighted by Crippen LogP contribution is -2.23. The van der Waals surface area contributed by atoms with Gasteiger partial charge in [-0.3, -0.25) is 4.79 Å². The van der Waals surface area contributed by atoms with E-state index in [0.29, 0.717) is 0 Å². The molecule has 1 aliphatic rings. The fourth-order valence-electron chi connectivity index (χ4n) is 1.63. The molecule has 0 N–H and O–H groups in total. The number of sulfonamides is 1. The van der Waals surface area contributed by atoms with Crippen LogP contribution in [0, 0.1) is 11.7 Å². The number of hydrogen-bond donors (Lipinski definition) is 0. The Bertz CT molecular complexity index is 591. The molecule has 0 aromatic heterocycles. The molecule has 0 bridgehead atoms. The van der Waals surface area contributed by atoms with Gasteiger partial charge in [0.25, 0.3) is 0 Å². The van der Waals surface area contributed by atoms with E-state index in [1.165, 1.54) is 20.2 Å². The average Bonchev–Trinajstić information content (AvgIpc) is 3.12. The average molecular weight is 271 g/mol. The highest BCUT2D eigenvalue weighted by molar-refractivity contribution is 7.89. The van der Waals surface area contributed by atoms with Crippen molar-refractivity contribution in [3.63, 3.8) is 0 Å². The minimum absolute atomic E-state index is 0.0228. The Balaban J connectivity index is 2.47. The van der Waals surface area contributed by atoms with Crippen molar-refractivity contribution in [2.24, 2.45) is 5.92 Å². The molecule has 0 unspecified atom stereocenters. The normalized spacial score (nSPS) is 16.0. The van der Waals surface area contributed by atoms with E-state index in [0.717, 1.165) is 29.3 Å². The van der Waals surface area contributed by atoms with Gasteiger partial charge in [0, 0.05) is 25.6 Å². The van der Waals surface area contributed by atoms with Crippen molar-refractivity contribution in [1.82, 2.24) is 4.31 Å². The predicted octanol–water partition coefficient (Wildman–Crippen LogP) is 1.67. The minimum atomic E-state index is -3.86. The van der Waals surface area contributed by atoms with Crippen molar-refractivity contribution in [3.05, 3.63) is 29.6 Å². The van der Waals surface area contributed by atoms with Gasteiger partial charge in [0.05, 0.1) is 0 Å². The number of benzene rings is 1. The van der Waals surface area contributed by atoms with Gasteiger partial charge in [0.15, 0.2) is 5.78 Å². The molecule has 0 radical (unpaired) electrons. The molecule has 6 heteroatoms. The van der Waals surface area contributed by atoms with E-state index >= 15 is 0 Å². The fourth-order valence-corrected chi connectivity index (χ4v) is 2.62. The number of rotatable bonds is 4. The molecule has 0 amide bonds. The lowest BCUT2D eigenvalue weighted by atomic mass is 10.1. The summed E-state index contributed by atoms with van der Waals surface area (Å²) in [6.07, 6.45) is 1.65. The van der Waals surface area contributed by atoms with Crippen molar-refractivity contribution < 1.29 is 17.6 Å². The van der Waals surface area contributed by atoms with Crippen LogP contribution >= 0.6 is 0 Å². The zero-order valence-electron chi connectivity index (χ0n) is 10.2. The van der Waals surface area contributed by atoms with E-state index in [2.05, 4.69) is 0 Å². The minimum Gasteiger partial charge on any atom is -0.294 e. The molecule has 4 nitrogen and oxygen atoms in total. The molecule has 98 valence electrons. The first-order valence-electron chi connectivity index (χ1n) is 5.60. The zero-order valence-corrected chi connectivity index (χ0v) is 11.0. The molecule has 1 aromatic carbocycles. The van der Waals surface area contributed by atoms with E-state index in [-0.39, 0.29) is 17.3 Å². The standard InChI is InChI=1S/C12H14FNO3S/c1-14(2)18(16,17)11-7-9(5-6-10(11)13)12(15)8-3-4-8/h5-8H,3-4H2,1-2H3. The van der Waals surface area contributed by atoms with Crippen LogP contribution in [-0.2, 0) is 10.0 Å². The second-order valence-electron chi connectivity index (χ2n) is 4.57. The molecule has 0 aliphatic heterocycles. The summed E-state index contributed by atoms with van der Waals surface area (Å²) in [5.41, 5.74) is 0.263. The SMILES string of the molecule is CN(C)S(=O)(=O)c1cc(C(=O)C2CC2)ccc1F. The van der Waals surface area contributed by atoms with Crippen LogP contribution in [0.4, 0.5) is 4.39 Å². The molecule has 1 fully saturated rings. The summed E-state index contributed by atoms with van der Waals surface area (Å²) in [5.74, 6) is -0.966. The van der Waals surface area contributed by atoms with Crippen molar-refractivity contribution in [2.75, 3.05) is 14.1 Å². The Morgan fingerprint density at radius 1 is 1.33 bits per heavy atom. The third kappa shape index (κ3) is 2.30. The monoisotopic (exact) mass is 271 g/mol. The molecule has 0 saturated heterocycles. The molecule has 0 atom stereocenters. The fraction of sp³-hybridized carbons (Fsp3) is 0.417. The molecular formula is C12H14FNO3S. The van der Waals surface area contributed by atoms with E-state index in [1.54, 1.807) is 0 Å². The summed E-state index contributed by atoms with van der Waals surface area (Å²) in [6.45, 7) is 0. The van der Waals surface area contributed by atoms with E-state index in [1.807, 2.05) is 0 Å². The number of ketones is 1. The van der Waals surface area contributed by atoms with E-state index in [4.69, 9.17) is 0 Å². The highest BCUT2D eigenvalue weighted by Crippen LogP contribution is 2.33. The van der Waals surface area contributed by atoms with Gasteiger partial charge in [0.1, 0.15) is 10.7 Å². The number of nitrogens with zero attached hydrogens (tertiary/aromatic N) is 1. The van der Waals surface area contributed by atoms with Gasteiger partial charge in [-0.15, -0.1) is 0 Å². The maximum absolute atomic E-state index is 13.6. The lowest BCUT2D eigenvalue weighted by molar-refractivity contribution is 0.0967. The van der Waals surface area contributed by atoms with Crippen molar-refractivity contribution in [2.45, 2.75) is 17.7 Å². The first-order chi connectivity index (χ1) is 8.34. The van der Waals surface area contributed by atoms with Gasteiger partial charge < -0.3 is 0 Å². The van der Waals surface area contributed by atoms with Gasteiger partial charge in [-0.2, -0.15) is 0 Å². The molecule has 1 aromatic rings. The first kappa shape index (κ1) is 13.2. The largest absolute Gasteiger partial charge is 0.294 e. The van der Waals surface area contributed by atoms with E-state index in [9.17, 15) is 17.6 Å². The Kier molecular flexibility index (Phi) is 3.25. The number of carbonyl (C=O) groups is 1. The summed E-state index contributed by atoms with van der Waals surface area (Å²) in [4.78, 5) is 11.4. The predicted molar refractivity (Wildman–Crippen MR) is 64.3 cm³/mol. The summed E-state index contributed by atoms with van der Waals surface area (Å²) in [6, 6.07) is 3.50. The highest BCUT2D eigenvalue weighted by Gasteiger charge is 2.32. The van der Waals surface area contributed by atoms with Crippen LogP contribution in [0.2, 0.25) is 0 Å². The lowest BCUT2D eigenvalue weighted by Gasteiger charge is -2.12. The van der Waals surface area contributed by atoms with Crippen LogP contribution in [-0.4, -0.2) is 32.6 Å². The Labute approximate surface area is 105 Å². The van der Waals surface area contributed by atoms with Crippen molar-refractivity contribution >= 4 is 15.8 Å². The highest BCUT2D eigenvalue weighted by atomic mass is 32.2. The van der Waals surface area contributed by atoms with Crippen LogP contribution < -0.4 is 0 Å². The quantitative estimate of drug-likeness (QED) is 0.783. The first-order valence-corrected chi connectivity index (χ1v) is 7.04. The topological polar surface area (TPSA) is 54.5 Å². The van der Waals surface area contributed by atoms with Gasteiger partial charge in [0.2, 0.25) is 10.0 Å². The van der Waals surface area contributed by atoms with Crippen LogP contribution in [0.5, 0.6) is 0 Å². The number of carbonyl (C=O) groups excluding carboxylic acids is 1. The second-order valence-corrected chi connectivity index (χ2v) is 6.69. The molecule has 18 heavy (non-hydrogen) atoms. The Hall–Kier alpha value is -1.27. The molecule has 1 saturated carbocycles. The van der Waals surface area contributed by atoms with Crippen molar-refractivity contribution in [1.29, 1.82) is 0 Å². The van der Waals surface area contributed by atoms with Gasteiger partial charge in [-0.05, 0) is 31.0 Å². The second kappa shape index (κ2) is 4.44. The summed E-state index contributed by atoms with van der Waals surface area (Å²) in [5, 5.41) is 0. The van der Waals surface area contributed by atoms with Gasteiger partial charge in [-0.25, -0.2) is 17.1 Å². The van der Waals surface area contributed by atoms with Crippen LogP contribution in [0.25, 0.3) is 0 Å². The third-order valence-electron chi connectivity index (χ3n) is 2.92. The summed E-state index contributed by atoms with van der Waals surface area (Å²) < 4.78 is 38.3. The van der Waals surface area contributed by atoms with Crippen LogP contribution in [0.3, 0.4) is 0 Å². The molecule has 1 aliphatic carbocycles. The third-order valence-corrected chi connectivity index (χ3v) is 4.75. The zero-order chi connectivity index (χ0) is 13.5. The van der Waals surface area contributed by atoms with Crippen LogP contribution in [0.1, 0.15) is 23.2 Å². The molecule has 0 spiro atoms. The summed E-state index contributed by atoms with van der Waals surface area (Å²) >= 11 is 0. The maximum atomic E-state index is 13.6. The number of halogens is 1. The van der Waals surface area contributed by atoms with Crippen molar-refractivity contribution in [3.8, 4) is 0 Å². The van der Waals surface area contributed by atoms with Gasteiger partial charge >= 0.3 is 0 Å². The van der Waals surface area contributed by atoms with Gasteiger partial charge in [-0.1, -0.05) is 0 Å². The van der Waals surface area contributed by atoms with Crippen LogP contribution in [0.15, 0.2) is 23.1 Å². The number of hydrogen-bond acceptors (Lipinski definition) is 3. The number of Topliss-reactive ketones (excluding diaryl/α,β-unsaturated/α-hetero) is 1. The molecular weight excluding hydrogens is 257 g/mol. The Morgan fingerprint density at radius 3 is 2.44 bits per heavy atom. The smallest absolute Gasteiger partial charge is 0.245 e. The Morgan fingerprint density at radius 2 is 1.94 bits per heavy atom. The maximum Gasteiger partial charge on any atom is 0.245 e.